The number of ether oxygens (including phenoxy) is 1. The smallest absolute Gasteiger partial charge is 0.358 e. The molecule has 36 heavy (non-hydrogen) atoms. The number of halogens is 3. The zero-order valence-corrected chi connectivity index (χ0v) is 21.5. The van der Waals surface area contributed by atoms with Crippen LogP contribution < -0.4 is 15.8 Å². The molecule has 1 atom stereocenters. The number of nitrogens with one attached hydrogen (secondary N) is 1. The largest absolute Gasteiger partial charge is 0.464 e. The number of nitrogens with zero attached hydrogens (tertiary/aromatic N) is 4. The summed E-state index contributed by atoms with van der Waals surface area (Å²) in [6.07, 6.45) is -0.586. The normalized spacial score (nSPS) is 16.2. The highest BCUT2D eigenvalue weighted by Crippen LogP contribution is 2.34. The minimum absolute atomic E-state index is 0.0327. The maximum atomic E-state index is 13.8. The van der Waals surface area contributed by atoms with Crippen LogP contribution in [0.3, 0.4) is 0 Å². The Hall–Kier alpha value is -3.27. The Kier molecular flexibility index (Phi) is 6.92. The first-order chi connectivity index (χ1) is 16.9. The third-order valence-electron chi connectivity index (χ3n) is 6.74. The van der Waals surface area contributed by atoms with E-state index < -0.39 is 17.9 Å². The number of piperidine rings is 1. The molecule has 1 fully saturated rings. The molecule has 3 aromatic rings. The average Bonchev–Trinajstić information content (AvgIpc) is 2.83. The van der Waals surface area contributed by atoms with Gasteiger partial charge in [0.1, 0.15) is 5.15 Å². The van der Waals surface area contributed by atoms with Crippen molar-refractivity contribution in [3.8, 4) is 0 Å². The third kappa shape index (κ3) is 4.74. The highest BCUT2D eigenvalue weighted by atomic mass is 35.5. The summed E-state index contributed by atoms with van der Waals surface area (Å²) in [4.78, 5) is 36.3. The Morgan fingerprint density at radius 1 is 1.22 bits per heavy atom. The molecule has 1 aromatic carbocycles. The lowest BCUT2D eigenvalue weighted by Gasteiger charge is -2.33. The van der Waals surface area contributed by atoms with Crippen LogP contribution in [-0.4, -0.2) is 46.6 Å². The Morgan fingerprint density at radius 2 is 1.89 bits per heavy atom. The van der Waals surface area contributed by atoms with Crippen molar-refractivity contribution < 1.29 is 18.3 Å². The van der Waals surface area contributed by atoms with Crippen LogP contribution in [0.4, 0.5) is 20.4 Å². The number of aromatic nitrogens is 3. The van der Waals surface area contributed by atoms with E-state index in [1.165, 1.54) is 11.7 Å². The van der Waals surface area contributed by atoms with Crippen molar-refractivity contribution in [2.24, 2.45) is 7.05 Å². The van der Waals surface area contributed by atoms with Crippen molar-refractivity contribution in [1.29, 1.82) is 0 Å². The summed E-state index contributed by atoms with van der Waals surface area (Å²) in [7, 11) is 2.86. The van der Waals surface area contributed by atoms with Crippen LogP contribution in [-0.2, 0) is 11.8 Å². The zero-order valence-electron chi connectivity index (χ0n) is 20.8. The molecule has 0 radical (unpaired) electrons. The second-order valence-corrected chi connectivity index (χ2v) is 9.52. The first-order valence-corrected chi connectivity index (χ1v) is 12.0. The molecule has 1 saturated heterocycles. The number of anilines is 2. The topological polar surface area (TPSA) is 89.3 Å². The number of carbonyl (C=O) groups is 1. The standard InChI is InChI=1S/C25H28ClF2N5O3/c1-13-12-16-20(31-24(32(4)22(16)34)33-10-8-25(27,28)9-11-33)19(14(13)2)15(3)29-17-6-7-18(26)30-21(17)23(35)36-5/h6-7,12,15,29H,8-11H2,1-5H3. The van der Waals surface area contributed by atoms with Gasteiger partial charge in [-0.3, -0.25) is 9.36 Å². The van der Waals surface area contributed by atoms with Crippen LogP contribution >= 0.6 is 11.6 Å². The molecule has 0 amide bonds. The molecule has 2 aromatic heterocycles. The van der Waals surface area contributed by atoms with Gasteiger partial charge in [-0.1, -0.05) is 11.6 Å². The Balaban J connectivity index is 1.84. The quantitative estimate of drug-likeness (QED) is 0.383. The van der Waals surface area contributed by atoms with Gasteiger partial charge in [0.25, 0.3) is 11.5 Å². The van der Waals surface area contributed by atoms with Crippen molar-refractivity contribution in [1.82, 2.24) is 14.5 Å². The highest BCUT2D eigenvalue weighted by Gasteiger charge is 2.35. The number of carbonyl (C=O) groups excluding carboxylic acids is 1. The number of aryl methyl sites for hydroxylation is 1. The SMILES string of the molecule is COC(=O)c1nc(Cl)ccc1NC(C)c1c(C)c(C)cc2c(=O)n(C)c(N3CCC(F)(F)CC3)nc12. The number of benzene rings is 1. The monoisotopic (exact) mass is 519 g/mol. The summed E-state index contributed by atoms with van der Waals surface area (Å²) in [6.45, 7) is 5.94. The van der Waals surface area contributed by atoms with Crippen molar-refractivity contribution in [2.75, 3.05) is 30.4 Å². The zero-order chi connectivity index (χ0) is 26.4. The van der Waals surface area contributed by atoms with Crippen LogP contribution in [0.2, 0.25) is 5.15 Å². The van der Waals surface area contributed by atoms with Gasteiger partial charge in [0.2, 0.25) is 5.95 Å². The number of methoxy groups -OCH3 is 1. The van der Waals surface area contributed by atoms with Crippen LogP contribution in [0, 0.1) is 13.8 Å². The van der Waals surface area contributed by atoms with Crippen LogP contribution in [0.5, 0.6) is 0 Å². The average molecular weight is 520 g/mol. The lowest BCUT2D eigenvalue weighted by molar-refractivity contribution is -0.0223. The molecular weight excluding hydrogens is 492 g/mol. The van der Waals surface area contributed by atoms with Crippen molar-refractivity contribution in [3.63, 3.8) is 0 Å². The molecule has 0 aliphatic carbocycles. The molecule has 11 heteroatoms. The summed E-state index contributed by atoms with van der Waals surface area (Å²) in [5.74, 6) is -3.01. The van der Waals surface area contributed by atoms with E-state index in [0.29, 0.717) is 22.5 Å². The molecule has 1 N–H and O–H groups in total. The lowest BCUT2D eigenvalue weighted by atomic mass is 9.94. The molecule has 3 heterocycles. The van der Waals surface area contributed by atoms with E-state index in [1.54, 1.807) is 30.1 Å². The van der Waals surface area contributed by atoms with Gasteiger partial charge in [0, 0.05) is 38.5 Å². The van der Waals surface area contributed by atoms with E-state index in [4.69, 9.17) is 21.3 Å². The number of pyridine rings is 1. The van der Waals surface area contributed by atoms with Crippen LogP contribution in [0.15, 0.2) is 23.0 Å². The van der Waals surface area contributed by atoms with Crippen molar-refractivity contribution in [3.05, 3.63) is 56.1 Å². The molecule has 0 bridgehead atoms. The number of hydrogen-bond acceptors (Lipinski definition) is 7. The molecule has 0 spiro atoms. The van der Waals surface area contributed by atoms with Gasteiger partial charge in [-0.25, -0.2) is 23.5 Å². The van der Waals surface area contributed by atoms with Crippen molar-refractivity contribution in [2.45, 2.75) is 45.6 Å². The Morgan fingerprint density at radius 3 is 2.53 bits per heavy atom. The fraction of sp³-hybridized carbons (Fsp3) is 0.440. The van der Waals surface area contributed by atoms with E-state index in [1.807, 2.05) is 20.8 Å². The second-order valence-electron chi connectivity index (χ2n) is 9.14. The summed E-state index contributed by atoms with van der Waals surface area (Å²) in [5.41, 5.74) is 3.25. The number of alkyl halides is 2. The fourth-order valence-electron chi connectivity index (χ4n) is 4.61. The van der Waals surface area contributed by atoms with Gasteiger partial charge in [0.15, 0.2) is 5.69 Å². The third-order valence-corrected chi connectivity index (χ3v) is 6.95. The summed E-state index contributed by atoms with van der Waals surface area (Å²) in [5, 5.41) is 3.86. The first kappa shape index (κ1) is 25.8. The van der Waals surface area contributed by atoms with Crippen molar-refractivity contribution >= 4 is 40.1 Å². The van der Waals surface area contributed by atoms with Crippen LogP contribution in [0.25, 0.3) is 10.9 Å². The molecule has 0 saturated carbocycles. The minimum Gasteiger partial charge on any atom is -0.464 e. The lowest BCUT2D eigenvalue weighted by Crippen LogP contribution is -2.42. The predicted molar refractivity (Wildman–Crippen MR) is 135 cm³/mol. The van der Waals surface area contributed by atoms with Crippen LogP contribution in [0.1, 0.15) is 53.0 Å². The number of hydrogen-bond donors (Lipinski definition) is 1. The van der Waals surface area contributed by atoms with Gasteiger partial charge < -0.3 is 15.0 Å². The molecule has 1 unspecified atom stereocenters. The summed E-state index contributed by atoms with van der Waals surface area (Å²) < 4.78 is 33.8. The van der Waals surface area contributed by atoms with Gasteiger partial charge in [0.05, 0.1) is 29.7 Å². The van der Waals surface area contributed by atoms with Gasteiger partial charge in [-0.15, -0.1) is 0 Å². The number of rotatable bonds is 5. The molecule has 4 rings (SSSR count). The molecule has 8 nitrogen and oxygen atoms in total. The summed E-state index contributed by atoms with van der Waals surface area (Å²) >= 11 is 5.99. The minimum atomic E-state index is -2.71. The molecule has 192 valence electrons. The number of esters is 1. The molecule has 1 aliphatic heterocycles. The molecule has 1 aliphatic rings. The fourth-order valence-corrected chi connectivity index (χ4v) is 4.76. The van der Waals surface area contributed by atoms with E-state index in [2.05, 4.69) is 10.3 Å². The van der Waals surface area contributed by atoms with E-state index in [9.17, 15) is 18.4 Å². The Bertz CT molecular complexity index is 1400. The highest BCUT2D eigenvalue weighted by molar-refractivity contribution is 6.29. The maximum Gasteiger partial charge on any atom is 0.358 e. The second kappa shape index (κ2) is 9.65. The number of fused-ring (bicyclic) bond motifs is 1. The maximum absolute atomic E-state index is 13.8. The first-order valence-electron chi connectivity index (χ1n) is 11.6. The molecular formula is C25H28ClF2N5O3. The van der Waals surface area contributed by atoms with Gasteiger partial charge in [-0.2, -0.15) is 0 Å². The predicted octanol–water partition coefficient (Wildman–Crippen LogP) is 4.79. The van der Waals surface area contributed by atoms with Gasteiger partial charge >= 0.3 is 5.97 Å². The van der Waals surface area contributed by atoms with E-state index >= 15 is 0 Å². The Labute approximate surface area is 212 Å². The van der Waals surface area contributed by atoms with E-state index in [0.717, 1.165) is 16.7 Å². The van der Waals surface area contributed by atoms with E-state index in [-0.39, 0.29) is 42.3 Å². The summed E-state index contributed by atoms with van der Waals surface area (Å²) in [6, 6.07) is 4.59. The van der Waals surface area contributed by atoms with Gasteiger partial charge in [-0.05, 0) is 50.1 Å².